The number of benzene rings is 1. The van der Waals surface area contributed by atoms with Crippen LogP contribution in [0.4, 0.5) is 0 Å². The van der Waals surface area contributed by atoms with Crippen molar-refractivity contribution in [2.24, 2.45) is 5.92 Å². The van der Waals surface area contributed by atoms with Crippen molar-refractivity contribution in [3.63, 3.8) is 0 Å². The fourth-order valence-electron chi connectivity index (χ4n) is 4.00. The molecule has 1 aliphatic heterocycles. The Hall–Kier alpha value is -2.53. The van der Waals surface area contributed by atoms with Crippen LogP contribution in [0.1, 0.15) is 31.2 Å². The summed E-state index contributed by atoms with van der Waals surface area (Å²) in [5.41, 5.74) is 0.800. The number of thiazole rings is 1. The number of likely N-dealkylation sites (N-methyl/N-ethyl adjacent to an activating group) is 1. The van der Waals surface area contributed by atoms with Crippen LogP contribution in [0.25, 0.3) is 10.2 Å². The van der Waals surface area contributed by atoms with E-state index in [0.29, 0.717) is 24.8 Å². The molecule has 1 fully saturated rings. The first kappa shape index (κ1) is 28.0. The summed E-state index contributed by atoms with van der Waals surface area (Å²) in [6.45, 7) is 3.83. The van der Waals surface area contributed by atoms with Gasteiger partial charge in [0.1, 0.15) is 6.04 Å². The number of nitrogens with one attached hydrogen (secondary N) is 4. The lowest BCUT2D eigenvalue weighted by Crippen LogP contribution is -2.55. The molecule has 4 N–H and O–H groups in total. The van der Waals surface area contributed by atoms with Crippen molar-refractivity contribution >= 4 is 50.9 Å². The van der Waals surface area contributed by atoms with Gasteiger partial charge in [-0.05, 0) is 44.0 Å². The van der Waals surface area contributed by atoms with Crippen LogP contribution in [-0.2, 0) is 25.5 Å². The van der Waals surface area contributed by atoms with Gasteiger partial charge in [0.25, 0.3) is 0 Å². The number of aromatic nitrogens is 1. The van der Waals surface area contributed by atoms with E-state index in [1.165, 1.54) is 17.4 Å². The second-order valence-corrected chi connectivity index (χ2v) is 10.2. The Morgan fingerprint density at radius 2 is 2.03 bits per heavy atom. The van der Waals surface area contributed by atoms with Crippen LogP contribution >= 0.6 is 22.9 Å². The Labute approximate surface area is 220 Å². The minimum atomic E-state index is -0.790. The smallest absolute Gasteiger partial charge is 0.243 e. The van der Waals surface area contributed by atoms with Crippen LogP contribution in [0.5, 0.6) is 0 Å². The molecular weight excluding hydrogens is 502 g/mol. The van der Waals surface area contributed by atoms with Crippen LogP contribution in [-0.4, -0.2) is 68.1 Å². The molecule has 9 nitrogen and oxygen atoms in total. The van der Waals surface area contributed by atoms with Crippen molar-refractivity contribution in [2.75, 3.05) is 33.4 Å². The van der Waals surface area contributed by atoms with E-state index in [-0.39, 0.29) is 49.1 Å². The standard InChI is InChI=1S/C25H34ClN5O4S/c1-3-22(32)29-19(14-24-30-18-7-6-17(26)13-21(18)36-24)25(34)31-20(16-8-11-35-12-9-16)15-28-23(33)5-4-10-27-2/h4-7,13,16,19-20,27H,3,8-12,14-15H2,1-2H3,(H,28,33)(H,29,32)(H,31,34)/b5-4+/t19-,20+/m0/s1. The van der Waals surface area contributed by atoms with Crippen molar-refractivity contribution in [1.29, 1.82) is 0 Å². The molecule has 1 aromatic heterocycles. The van der Waals surface area contributed by atoms with Gasteiger partial charge in [0, 0.05) is 56.3 Å². The van der Waals surface area contributed by atoms with E-state index in [9.17, 15) is 14.4 Å². The number of hydrogen-bond donors (Lipinski definition) is 4. The number of carbonyl (C=O) groups excluding carboxylic acids is 3. The van der Waals surface area contributed by atoms with E-state index in [0.717, 1.165) is 28.1 Å². The molecule has 0 bridgehead atoms. The lowest BCUT2D eigenvalue weighted by atomic mass is 9.91. The summed E-state index contributed by atoms with van der Waals surface area (Å²) in [6, 6.07) is 4.37. The van der Waals surface area contributed by atoms with Crippen molar-refractivity contribution < 1.29 is 19.1 Å². The Kier molecular flexibility index (Phi) is 11.1. The Balaban J connectivity index is 1.73. The Morgan fingerprint density at radius 1 is 1.25 bits per heavy atom. The van der Waals surface area contributed by atoms with Gasteiger partial charge < -0.3 is 26.0 Å². The minimum absolute atomic E-state index is 0.149. The molecule has 0 radical (unpaired) electrons. The highest BCUT2D eigenvalue weighted by molar-refractivity contribution is 7.18. The monoisotopic (exact) mass is 535 g/mol. The molecule has 3 amide bonds. The summed E-state index contributed by atoms with van der Waals surface area (Å²) in [5.74, 6) is -0.590. The Morgan fingerprint density at radius 3 is 2.75 bits per heavy atom. The van der Waals surface area contributed by atoms with E-state index in [1.54, 1.807) is 26.1 Å². The molecule has 2 atom stereocenters. The summed E-state index contributed by atoms with van der Waals surface area (Å²) in [4.78, 5) is 42.5. The zero-order valence-electron chi connectivity index (χ0n) is 20.6. The number of rotatable bonds is 12. The van der Waals surface area contributed by atoms with Gasteiger partial charge in [0.05, 0.1) is 15.2 Å². The number of carbonyl (C=O) groups is 3. The number of hydrogen-bond acceptors (Lipinski definition) is 7. The van der Waals surface area contributed by atoms with Crippen molar-refractivity contribution in [3.8, 4) is 0 Å². The van der Waals surface area contributed by atoms with Crippen molar-refractivity contribution in [1.82, 2.24) is 26.3 Å². The highest BCUT2D eigenvalue weighted by atomic mass is 35.5. The Bertz CT molecular complexity index is 1070. The maximum absolute atomic E-state index is 13.4. The molecule has 11 heteroatoms. The van der Waals surface area contributed by atoms with Gasteiger partial charge in [-0.1, -0.05) is 24.6 Å². The van der Waals surface area contributed by atoms with E-state index >= 15 is 0 Å². The number of halogens is 1. The predicted molar refractivity (Wildman–Crippen MR) is 142 cm³/mol. The summed E-state index contributed by atoms with van der Waals surface area (Å²) < 4.78 is 6.41. The lowest BCUT2D eigenvalue weighted by Gasteiger charge is -2.32. The fraction of sp³-hybridized carbons (Fsp3) is 0.520. The average Bonchev–Trinajstić information content (AvgIpc) is 3.28. The summed E-state index contributed by atoms with van der Waals surface area (Å²) in [5, 5.41) is 13.1. The van der Waals surface area contributed by atoms with Gasteiger partial charge in [0.15, 0.2) is 0 Å². The predicted octanol–water partition coefficient (Wildman–Crippen LogP) is 2.19. The first-order valence-electron chi connectivity index (χ1n) is 12.2. The molecule has 0 unspecified atom stereocenters. The third-order valence-corrected chi connectivity index (χ3v) is 7.27. The zero-order chi connectivity index (χ0) is 25.9. The third kappa shape index (κ3) is 8.55. The van der Waals surface area contributed by atoms with Crippen molar-refractivity contribution in [3.05, 3.63) is 40.4 Å². The van der Waals surface area contributed by atoms with Crippen LogP contribution < -0.4 is 21.3 Å². The van der Waals surface area contributed by atoms with Gasteiger partial charge in [-0.3, -0.25) is 14.4 Å². The SMILES string of the molecule is CCC(=O)N[C@@H](Cc1nc2ccc(Cl)cc2s1)C(=O)N[C@H](CNC(=O)/C=C/CNC)C1CCOCC1. The maximum Gasteiger partial charge on any atom is 0.243 e. The lowest BCUT2D eigenvalue weighted by molar-refractivity contribution is -0.129. The molecular formula is C25H34ClN5O4S. The fourth-order valence-corrected chi connectivity index (χ4v) is 5.29. The van der Waals surface area contributed by atoms with Gasteiger partial charge in [-0.2, -0.15) is 0 Å². The third-order valence-electron chi connectivity index (χ3n) is 6.00. The normalized spacial score (nSPS) is 16.1. The second-order valence-electron chi connectivity index (χ2n) is 8.67. The summed E-state index contributed by atoms with van der Waals surface area (Å²) >= 11 is 7.55. The van der Waals surface area contributed by atoms with Crippen LogP contribution in [0.15, 0.2) is 30.4 Å². The highest BCUT2D eigenvalue weighted by Crippen LogP contribution is 2.26. The summed E-state index contributed by atoms with van der Waals surface area (Å²) in [7, 11) is 1.80. The number of nitrogens with zero attached hydrogens (tertiary/aromatic N) is 1. The van der Waals surface area contributed by atoms with Gasteiger partial charge in [-0.25, -0.2) is 4.98 Å². The summed E-state index contributed by atoms with van der Waals surface area (Å²) in [6.07, 6.45) is 5.29. The highest BCUT2D eigenvalue weighted by Gasteiger charge is 2.30. The quantitative estimate of drug-likeness (QED) is 0.309. The minimum Gasteiger partial charge on any atom is -0.381 e. The molecule has 2 heterocycles. The van der Waals surface area contributed by atoms with E-state index < -0.39 is 6.04 Å². The van der Waals surface area contributed by atoms with Gasteiger partial charge in [0.2, 0.25) is 17.7 Å². The van der Waals surface area contributed by atoms with Crippen molar-refractivity contribution in [2.45, 2.75) is 44.7 Å². The number of ether oxygens (including phenoxy) is 1. The van der Waals surface area contributed by atoms with Crippen LogP contribution in [0, 0.1) is 5.92 Å². The molecule has 0 saturated carbocycles. The van der Waals surface area contributed by atoms with Gasteiger partial charge >= 0.3 is 0 Å². The molecule has 1 saturated heterocycles. The maximum atomic E-state index is 13.4. The molecule has 0 spiro atoms. The first-order valence-corrected chi connectivity index (χ1v) is 13.4. The zero-order valence-corrected chi connectivity index (χ0v) is 22.2. The molecule has 196 valence electrons. The number of fused-ring (bicyclic) bond motifs is 1. The van der Waals surface area contributed by atoms with E-state index in [4.69, 9.17) is 16.3 Å². The van der Waals surface area contributed by atoms with E-state index in [1.807, 2.05) is 12.1 Å². The topological polar surface area (TPSA) is 121 Å². The molecule has 1 aromatic carbocycles. The van der Waals surface area contributed by atoms with Crippen LogP contribution in [0.2, 0.25) is 5.02 Å². The largest absolute Gasteiger partial charge is 0.381 e. The molecule has 2 aromatic rings. The average molecular weight is 536 g/mol. The van der Waals surface area contributed by atoms with E-state index in [2.05, 4.69) is 26.3 Å². The second kappa shape index (κ2) is 14.3. The van der Waals surface area contributed by atoms with Crippen LogP contribution in [0.3, 0.4) is 0 Å². The molecule has 36 heavy (non-hydrogen) atoms. The molecule has 3 rings (SSSR count). The first-order chi connectivity index (χ1) is 17.4. The molecule has 0 aliphatic carbocycles. The molecule has 1 aliphatic rings. The van der Waals surface area contributed by atoms with Gasteiger partial charge in [-0.15, -0.1) is 11.3 Å². The number of amides is 3.